The third-order valence-electron chi connectivity index (χ3n) is 1.82. The van der Waals surface area contributed by atoms with E-state index in [1.807, 2.05) is 37.3 Å². The Hall–Kier alpha value is -1.57. The summed E-state index contributed by atoms with van der Waals surface area (Å²) in [6, 6.07) is 9.83. The normalized spacial score (nSPS) is 11.1. The van der Waals surface area contributed by atoms with Crippen molar-refractivity contribution in [2.24, 2.45) is 0 Å². The number of nitrogens with one attached hydrogen (secondary N) is 1. The third kappa shape index (κ3) is 2.75. The van der Waals surface area contributed by atoms with E-state index in [9.17, 15) is 4.79 Å². The third-order valence-corrected chi connectivity index (χ3v) is 1.82. The van der Waals surface area contributed by atoms with Crippen LogP contribution < -0.4 is 5.32 Å². The van der Waals surface area contributed by atoms with Gasteiger partial charge < -0.3 is 5.32 Å². The fraction of sp³-hybridized carbons (Fsp3) is 0.182. The van der Waals surface area contributed by atoms with E-state index in [0.29, 0.717) is 0 Å². The van der Waals surface area contributed by atoms with Crippen LogP contribution in [0.15, 0.2) is 36.4 Å². The van der Waals surface area contributed by atoms with E-state index < -0.39 is 0 Å². The minimum Gasteiger partial charge on any atom is -0.356 e. The van der Waals surface area contributed by atoms with Gasteiger partial charge in [-0.05, 0) is 18.1 Å². The summed E-state index contributed by atoms with van der Waals surface area (Å²) in [7, 11) is 1.62. The van der Waals surface area contributed by atoms with Gasteiger partial charge in [-0.15, -0.1) is 0 Å². The lowest BCUT2D eigenvalue weighted by atomic mass is 10.1. The van der Waals surface area contributed by atoms with Gasteiger partial charge in [-0.25, -0.2) is 0 Å². The molecule has 2 heteroatoms. The van der Waals surface area contributed by atoms with E-state index in [2.05, 4.69) is 5.32 Å². The molecule has 0 atom stereocenters. The molecule has 0 saturated heterocycles. The van der Waals surface area contributed by atoms with Crippen LogP contribution in [0.5, 0.6) is 0 Å². The molecule has 0 radical (unpaired) electrons. The molecule has 0 spiro atoms. The zero-order chi connectivity index (χ0) is 9.68. The SMILES string of the molecule is CNC(=O)/C=C(\C)c1ccccc1. The highest BCUT2D eigenvalue weighted by molar-refractivity contribution is 5.94. The molecule has 1 N–H and O–H groups in total. The zero-order valence-electron chi connectivity index (χ0n) is 7.87. The molecule has 0 aliphatic heterocycles. The van der Waals surface area contributed by atoms with Crippen molar-refractivity contribution in [3.05, 3.63) is 42.0 Å². The van der Waals surface area contributed by atoms with Crippen molar-refractivity contribution < 1.29 is 4.79 Å². The first-order chi connectivity index (χ1) is 6.24. The zero-order valence-corrected chi connectivity index (χ0v) is 7.87. The van der Waals surface area contributed by atoms with Gasteiger partial charge in [0.1, 0.15) is 0 Å². The first-order valence-electron chi connectivity index (χ1n) is 4.19. The molecule has 13 heavy (non-hydrogen) atoms. The average molecular weight is 175 g/mol. The quantitative estimate of drug-likeness (QED) is 0.683. The van der Waals surface area contributed by atoms with Gasteiger partial charge in [0, 0.05) is 13.1 Å². The summed E-state index contributed by atoms with van der Waals surface area (Å²) in [6.07, 6.45) is 1.59. The standard InChI is InChI=1S/C11H13NO/c1-9(8-11(13)12-2)10-6-4-3-5-7-10/h3-8H,1-2H3,(H,12,13)/b9-8+. The lowest BCUT2D eigenvalue weighted by Gasteiger charge is -1.99. The maximum atomic E-state index is 11.0. The summed E-state index contributed by atoms with van der Waals surface area (Å²) < 4.78 is 0. The van der Waals surface area contributed by atoms with Crippen LogP contribution in [0.3, 0.4) is 0 Å². The van der Waals surface area contributed by atoms with Crippen LogP contribution in [-0.4, -0.2) is 13.0 Å². The van der Waals surface area contributed by atoms with E-state index in [1.165, 1.54) is 0 Å². The van der Waals surface area contributed by atoms with Crippen molar-refractivity contribution >= 4 is 11.5 Å². The molecule has 2 nitrogen and oxygen atoms in total. The molecule has 68 valence electrons. The van der Waals surface area contributed by atoms with E-state index in [1.54, 1.807) is 13.1 Å². The fourth-order valence-corrected chi connectivity index (χ4v) is 1.05. The Morgan fingerprint density at radius 1 is 1.31 bits per heavy atom. The number of carbonyl (C=O) groups excluding carboxylic acids is 1. The monoisotopic (exact) mass is 175 g/mol. The smallest absolute Gasteiger partial charge is 0.244 e. The number of hydrogen-bond acceptors (Lipinski definition) is 1. The second-order valence-corrected chi connectivity index (χ2v) is 2.81. The maximum Gasteiger partial charge on any atom is 0.244 e. The van der Waals surface area contributed by atoms with Crippen LogP contribution in [0.2, 0.25) is 0 Å². The Morgan fingerprint density at radius 3 is 2.46 bits per heavy atom. The molecule has 0 unspecified atom stereocenters. The summed E-state index contributed by atoms with van der Waals surface area (Å²) in [4.78, 5) is 11.0. The second kappa shape index (κ2) is 4.45. The topological polar surface area (TPSA) is 29.1 Å². The predicted octanol–water partition coefficient (Wildman–Crippen LogP) is 1.84. The van der Waals surface area contributed by atoms with E-state index in [-0.39, 0.29) is 5.91 Å². The Bertz CT molecular complexity index is 314. The molecule has 0 bridgehead atoms. The van der Waals surface area contributed by atoms with Gasteiger partial charge in [-0.1, -0.05) is 30.3 Å². The minimum atomic E-state index is -0.0682. The highest BCUT2D eigenvalue weighted by atomic mass is 16.1. The molecule has 0 aliphatic rings. The lowest BCUT2D eigenvalue weighted by molar-refractivity contribution is -0.116. The molecule has 0 saturated carbocycles. The molecular weight excluding hydrogens is 162 g/mol. The van der Waals surface area contributed by atoms with Crippen LogP contribution in [0.25, 0.3) is 5.57 Å². The lowest BCUT2D eigenvalue weighted by Crippen LogP contribution is -2.14. The number of rotatable bonds is 2. The van der Waals surface area contributed by atoms with Crippen molar-refractivity contribution in [1.29, 1.82) is 0 Å². The van der Waals surface area contributed by atoms with Crippen LogP contribution in [0.4, 0.5) is 0 Å². The molecule has 0 heterocycles. The van der Waals surface area contributed by atoms with Crippen LogP contribution in [0.1, 0.15) is 12.5 Å². The molecule has 1 aromatic rings. The molecule has 0 aromatic heterocycles. The average Bonchev–Trinajstić information content (AvgIpc) is 2.19. The van der Waals surface area contributed by atoms with Crippen molar-refractivity contribution in [3.8, 4) is 0 Å². The number of benzene rings is 1. The Balaban J connectivity index is 2.85. The maximum absolute atomic E-state index is 11.0. The van der Waals surface area contributed by atoms with Gasteiger partial charge in [0.25, 0.3) is 0 Å². The molecule has 1 amide bonds. The van der Waals surface area contributed by atoms with Crippen LogP contribution in [0, 0.1) is 0 Å². The number of hydrogen-bond donors (Lipinski definition) is 1. The van der Waals surface area contributed by atoms with Crippen LogP contribution in [-0.2, 0) is 4.79 Å². The Labute approximate surface area is 78.3 Å². The number of amides is 1. The van der Waals surface area contributed by atoms with E-state index in [0.717, 1.165) is 11.1 Å². The van der Waals surface area contributed by atoms with Gasteiger partial charge in [0.05, 0.1) is 0 Å². The fourth-order valence-electron chi connectivity index (χ4n) is 1.05. The summed E-state index contributed by atoms with van der Waals surface area (Å²) in [6.45, 7) is 1.92. The largest absolute Gasteiger partial charge is 0.356 e. The van der Waals surface area contributed by atoms with Gasteiger partial charge in [-0.3, -0.25) is 4.79 Å². The number of carbonyl (C=O) groups is 1. The minimum absolute atomic E-state index is 0.0682. The van der Waals surface area contributed by atoms with Crippen molar-refractivity contribution in [2.75, 3.05) is 7.05 Å². The molecule has 1 aromatic carbocycles. The van der Waals surface area contributed by atoms with E-state index in [4.69, 9.17) is 0 Å². The van der Waals surface area contributed by atoms with Gasteiger partial charge in [0.2, 0.25) is 5.91 Å². The molecule has 1 rings (SSSR count). The number of likely N-dealkylation sites (N-methyl/N-ethyl adjacent to an activating group) is 1. The molecular formula is C11H13NO. The highest BCUT2D eigenvalue weighted by Crippen LogP contribution is 2.11. The van der Waals surface area contributed by atoms with E-state index >= 15 is 0 Å². The van der Waals surface area contributed by atoms with Gasteiger partial charge >= 0.3 is 0 Å². The highest BCUT2D eigenvalue weighted by Gasteiger charge is 1.96. The van der Waals surface area contributed by atoms with Crippen LogP contribution >= 0.6 is 0 Å². The molecule has 0 fully saturated rings. The van der Waals surface area contributed by atoms with Crippen molar-refractivity contribution in [3.63, 3.8) is 0 Å². The van der Waals surface area contributed by atoms with Gasteiger partial charge in [-0.2, -0.15) is 0 Å². The molecule has 0 aliphatic carbocycles. The van der Waals surface area contributed by atoms with Crippen molar-refractivity contribution in [2.45, 2.75) is 6.92 Å². The van der Waals surface area contributed by atoms with Crippen molar-refractivity contribution in [1.82, 2.24) is 5.32 Å². The Morgan fingerprint density at radius 2 is 1.92 bits per heavy atom. The first-order valence-corrected chi connectivity index (χ1v) is 4.19. The number of allylic oxidation sites excluding steroid dienone is 1. The first kappa shape index (κ1) is 9.52. The summed E-state index contributed by atoms with van der Waals surface area (Å²) in [5.41, 5.74) is 2.05. The summed E-state index contributed by atoms with van der Waals surface area (Å²) >= 11 is 0. The summed E-state index contributed by atoms with van der Waals surface area (Å²) in [5, 5.41) is 2.55. The Kier molecular flexibility index (Phi) is 3.26. The van der Waals surface area contributed by atoms with Gasteiger partial charge in [0.15, 0.2) is 0 Å². The second-order valence-electron chi connectivity index (χ2n) is 2.81. The summed E-state index contributed by atoms with van der Waals surface area (Å²) in [5.74, 6) is -0.0682. The predicted molar refractivity (Wildman–Crippen MR) is 54.2 cm³/mol.